The molecule has 124 valence electrons. The molecule has 0 unspecified atom stereocenters. The number of hydrogen-bond acceptors (Lipinski definition) is 5. The van der Waals surface area contributed by atoms with Crippen LogP contribution in [0.25, 0.3) is 11.0 Å². The molecule has 1 amide bonds. The summed E-state index contributed by atoms with van der Waals surface area (Å²) in [6, 6.07) is 7.66. The zero-order valence-corrected chi connectivity index (χ0v) is 13.8. The van der Waals surface area contributed by atoms with Crippen molar-refractivity contribution >= 4 is 16.9 Å². The highest BCUT2D eigenvalue weighted by Gasteiger charge is 2.29. The first-order valence-electron chi connectivity index (χ1n) is 8.18. The Morgan fingerprint density at radius 2 is 2.17 bits per heavy atom. The molecule has 0 aliphatic heterocycles. The molecular formula is C18H19N3O3. The van der Waals surface area contributed by atoms with Crippen LogP contribution in [0.2, 0.25) is 0 Å². The van der Waals surface area contributed by atoms with E-state index in [0.29, 0.717) is 30.5 Å². The number of fused-ring (bicyclic) bond motifs is 1. The maximum absolute atomic E-state index is 12.5. The summed E-state index contributed by atoms with van der Waals surface area (Å²) in [6.07, 6.45) is 2.83. The van der Waals surface area contributed by atoms with Crippen molar-refractivity contribution in [3.63, 3.8) is 0 Å². The molecule has 1 fully saturated rings. The van der Waals surface area contributed by atoms with E-state index in [0.717, 1.165) is 35.3 Å². The van der Waals surface area contributed by atoms with Crippen LogP contribution in [0.15, 0.2) is 33.2 Å². The van der Waals surface area contributed by atoms with E-state index in [1.807, 2.05) is 25.1 Å². The van der Waals surface area contributed by atoms with Crippen LogP contribution >= 0.6 is 0 Å². The Morgan fingerprint density at radius 3 is 2.96 bits per heavy atom. The highest BCUT2D eigenvalue weighted by molar-refractivity contribution is 5.96. The van der Waals surface area contributed by atoms with Crippen LogP contribution in [0.3, 0.4) is 0 Å². The lowest BCUT2D eigenvalue weighted by Gasteiger charge is -2.14. The molecule has 2 heterocycles. The summed E-state index contributed by atoms with van der Waals surface area (Å²) in [4.78, 5) is 18.5. The van der Waals surface area contributed by atoms with E-state index in [4.69, 9.17) is 8.94 Å². The normalized spacial score (nSPS) is 14.2. The van der Waals surface area contributed by atoms with Gasteiger partial charge in [0.15, 0.2) is 11.6 Å². The molecule has 0 bridgehead atoms. The minimum atomic E-state index is -0.144. The smallest absolute Gasteiger partial charge is 0.289 e. The molecule has 1 aromatic carbocycles. The average Bonchev–Trinajstić information content (AvgIpc) is 3.17. The molecule has 24 heavy (non-hydrogen) atoms. The SMILES string of the molecule is Cc1ccc2oc(C(=O)N(C)CCc3noc(C4CC4)n3)cc2c1. The van der Waals surface area contributed by atoms with Gasteiger partial charge in [-0.1, -0.05) is 16.8 Å². The molecule has 1 aliphatic carbocycles. The molecule has 4 rings (SSSR count). The van der Waals surface area contributed by atoms with Crippen molar-refractivity contribution in [3.05, 3.63) is 47.3 Å². The van der Waals surface area contributed by atoms with Gasteiger partial charge >= 0.3 is 0 Å². The minimum absolute atomic E-state index is 0.144. The summed E-state index contributed by atoms with van der Waals surface area (Å²) >= 11 is 0. The number of aryl methyl sites for hydroxylation is 1. The fourth-order valence-electron chi connectivity index (χ4n) is 2.69. The topological polar surface area (TPSA) is 72.4 Å². The molecule has 1 saturated carbocycles. The molecular weight excluding hydrogens is 306 g/mol. The maximum atomic E-state index is 12.5. The number of nitrogens with zero attached hydrogens (tertiary/aromatic N) is 3. The molecule has 6 heteroatoms. The Bertz CT molecular complexity index is 892. The lowest BCUT2D eigenvalue weighted by molar-refractivity contribution is 0.0766. The molecule has 0 spiro atoms. The molecule has 1 aliphatic rings. The van der Waals surface area contributed by atoms with E-state index in [9.17, 15) is 4.79 Å². The van der Waals surface area contributed by atoms with Crippen LogP contribution in [-0.4, -0.2) is 34.5 Å². The third-order valence-electron chi connectivity index (χ3n) is 4.31. The Kier molecular flexibility index (Phi) is 3.59. The number of carbonyl (C=O) groups excluding carboxylic acids is 1. The van der Waals surface area contributed by atoms with Gasteiger partial charge in [0.2, 0.25) is 5.89 Å². The van der Waals surface area contributed by atoms with Crippen molar-refractivity contribution in [2.75, 3.05) is 13.6 Å². The van der Waals surface area contributed by atoms with Gasteiger partial charge in [-0.15, -0.1) is 0 Å². The average molecular weight is 325 g/mol. The highest BCUT2D eigenvalue weighted by Crippen LogP contribution is 2.38. The quantitative estimate of drug-likeness (QED) is 0.719. The fraction of sp³-hybridized carbons (Fsp3) is 0.389. The number of benzene rings is 1. The van der Waals surface area contributed by atoms with E-state index in [2.05, 4.69) is 10.1 Å². The van der Waals surface area contributed by atoms with Crippen molar-refractivity contribution < 1.29 is 13.7 Å². The zero-order valence-electron chi connectivity index (χ0n) is 13.8. The molecule has 0 saturated heterocycles. The monoisotopic (exact) mass is 325 g/mol. The van der Waals surface area contributed by atoms with E-state index < -0.39 is 0 Å². The third kappa shape index (κ3) is 2.91. The van der Waals surface area contributed by atoms with Gasteiger partial charge in [0, 0.05) is 31.3 Å². The zero-order chi connectivity index (χ0) is 16.7. The number of amides is 1. The first kappa shape index (κ1) is 14.9. The second-order valence-corrected chi connectivity index (χ2v) is 6.45. The van der Waals surface area contributed by atoms with Gasteiger partial charge in [-0.3, -0.25) is 4.79 Å². The summed E-state index contributed by atoms with van der Waals surface area (Å²) in [5.41, 5.74) is 1.86. The van der Waals surface area contributed by atoms with Crippen LogP contribution in [0.4, 0.5) is 0 Å². The Hall–Kier alpha value is -2.63. The maximum Gasteiger partial charge on any atom is 0.289 e. The van der Waals surface area contributed by atoms with Gasteiger partial charge in [-0.2, -0.15) is 4.98 Å². The second-order valence-electron chi connectivity index (χ2n) is 6.45. The van der Waals surface area contributed by atoms with Crippen LogP contribution in [-0.2, 0) is 6.42 Å². The highest BCUT2D eigenvalue weighted by atomic mass is 16.5. The Labute approximate surface area is 139 Å². The van der Waals surface area contributed by atoms with Crippen molar-refractivity contribution in [1.29, 1.82) is 0 Å². The van der Waals surface area contributed by atoms with Crippen molar-refractivity contribution in [3.8, 4) is 0 Å². The van der Waals surface area contributed by atoms with Gasteiger partial charge in [0.25, 0.3) is 5.91 Å². The Balaban J connectivity index is 1.42. The van der Waals surface area contributed by atoms with Crippen LogP contribution in [0, 0.1) is 6.92 Å². The number of likely N-dealkylation sites (N-methyl/N-ethyl adjacent to an activating group) is 1. The molecule has 0 atom stereocenters. The van der Waals surface area contributed by atoms with Crippen LogP contribution in [0.1, 0.15) is 46.6 Å². The predicted molar refractivity (Wildman–Crippen MR) is 87.9 cm³/mol. The Morgan fingerprint density at radius 1 is 1.33 bits per heavy atom. The largest absolute Gasteiger partial charge is 0.451 e. The van der Waals surface area contributed by atoms with E-state index in [-0.39, 0.29) is 5.91 Å². The summed E-state index contributed by atoms with van der Waals surface area (Å²) in [5, 5.41) is 4.92. The fourth-order valence-corrected chi connectivity index (χ4v) is 2.69. The van der Waals surface area contributed by atoms with Crippen molar-refractivity contribution in [2.24, 2.45) is 0 Å². The molecule has 2 aromatic heterocycles. The predicted octanol–water partition coefficient (Wildman–Crippen LogP) is 3.32. The lowest BCUT2D eigenvalue weighted by Crippen LogP contribution is -2.28. The number of aromatic nitrogens is 2. The first-order chi connectivity index (χ1) is 11.6. The van der Waals surface area contributed by atoms with E-state index >= 15 is 0 Å². The number of furan rings is 1. The third-order valence-corrected chi connectivity index (χ3v) is 4.31. The van der Waals surface area contributed by atoms with Crippen molar-refractivity contribution in [1.82, 2.24) is 15.0 Å². The lowest BCUT2D eigenvalue weighted by atomic mass is 10.2. The van der Waals surface area contributed by atoms with Crippen LogP contribution < -0.4 is 0 Å². The van der Waals surface area contributed by atoms with Gasteiger partial charge in [-0.05, 0) is 38.0 Å². The molecule has 3 aromatic rings. The summed E-state index contributed by atoms with van der Waals surface area (Å²) < 4.78 is 10.9. The van der Waals surface area contributed by atoms with Gasteiger partial charge < -0.3 is 13.8 Å². The van der Waals surface area contributed by atoms with Gasteiger partial charge in [0.05, 0.1) is 0 Å². The number of hydrogen-bond donors (Lipinski definition) is 0. The van der Waals surface area contributed by atoms with E-state index in [1.54, 1.807) is 18.0 Å². The van der Waals surface area contributed by atoms with Gasteiger partial charge in [0.1, 0.15) is 5.58 Å². The second kappa shape index (κ2) is 5.78. The molecule has 0 radical (unpaired) electrons. The number of carbonyl (C=O) groups is 1. The minimum Gasteiger partial charge on any atom is -0.451 e. The molecule has 0 N–H and O–H groups in total. The van der Waals surface area contributed by atoms with Gasteiger partial charge in [-0.25, -0.2) is 0 Å². The first-order valence-corrected chi connectivity index (χ1v) is 8.18. The summed E-state index contributed by atoms with van der Waals surface area (Å²) in [7, 11) is 1.75. The number of rotatable bonds is 5. The summed E-state index contributed by atoms with van der Waals surface area (Å²) in [5.74, 6) is 2.03. The van der Waals surface area contributed by atoms with E-state index in [1.165, 1.54) is 0 Å². The standard InChI is InChI=1S/C18H19N3O3/c1-11-3-6-14-13(9-11)10-15(23-14)18(22)21(2)8-7-16-19-17(24-20-16)12-4-5-12/h3,6,9-10,12H,4-5,7-8H2,1-2H3. The summed E-state index contributed by atoms with van der Waals surface area (Å²) in [6.45, 7) is 2.53. The molecule has 6 nitrogen and oxygen atoms in total. The van der Waals surface area contributed by atoms with Crippen molar-refractivity contribution in [2.45, 2.75) is 32.1 Å². The van der Waals surface area contributed by atoms with Crippen LogP contribution in [0.5, 0.6) is 0 Å².